The highest BCUT2D eigenvalue weighted by Crippen LogP contribution is 2.22. The third-order valence-corrected chi connectivity index (χ3v) is 4.42. The van der Waals surface area contributed by atoms with Crippen molar-refractivity contribution in [3.63, 3.8) is 0 Å². The second kappa shape index (κ2) is 8.82. The topological polar surface area (TPSA) is 35.5 Å². The van der Waals surface area contributed by atoms with Gasteiger partial charge in [0.05, 0.1) is 6.10 Å². The summed E-state index contributed by atoms with van der Waals surface area (Å²) in [7, 11) is 0. The Labute approximate surface area is 134 Å². The number of nitrogens with one attached hydrogen (secondary N) is 1. The number of nitrogens with zero attached hydrogens (tertiary/aromatic N) is 1. The van der Waals surface area contributed by atoms with Crippen LogP contribution < -0.4 is 10.2 Å². The molecule has 1 fully saturated rings. The summed E-state index contributed by atoms with van der Waals surface area (Å²) in [5.74, 6) is 2.68. The van der Waals surface area contributed by atoms with E-state index in [4.69, 9.17) is 6.42 Å². The molecule has 3 nitrogen and oxygen atoms in total. The molecule has 1 aromatic rings. The van der Waals surface area contributed by atoms with Gasteiger partial charge in [-0.05, 0) is 56.8 Å². The van der Waals surface area contributed by atoms with Gasteiger partial charge in [0.25, 0.3) is 0 Å². The SMILES string of the molecule is C#CCCCCNC(C)c1ccc(N2CCC(O)CC2)cc1. The van der Waals surface area contributed by atoms with Crippen molar-refractivity contribution in [1.82, 2.24) is 5.32 Å². The first-order valence-corrected chi connectivity index (χ1v) is 8.40. The van der Waals surface area contributed by atoms with Crippen molar-refractivity contribution in [2.45, 2.75) is 51.2 Å². The lowest BCUT2D eigenvalue weighted by Crippen LogP contribution is -2.35. The van der Waals surface area contributed by atoms with Crippen LogP contribution in [0.25, 0.3) is 0 Å². The second-order valence-corrected chi connectivity index (χ2v) is 6.15. The molecule has 0 spiro atoms. The monoisotopic (exact) mass is 300 g/mol. The number of aliphatic hydroxyl groups is 1. The van der Waals surface area contributed by atoms with Crippen molar-refractivity contribution in [2.75, 3.05) is 24.5 Å². The van der Waals surface area contributed by atoms with E-state index in [1.54, 1.807) is 0 Å². The highest BCUT2D eigenvalue weighted by Gasteiger charge is 2.17. The summed E-state index contributed by atoms with van der Waals surface area (Å²) >= 11 is 0. The van der Waals surface area contributed by atoms with Crippen molar-refractivity contribution in [2.24, 2.45) is 0 Å². The lowest BCUT2D eigenvalue weighted by Gasteiger charge is -2.31. The van der Waals surface area contributed by atoms with Crippen LogP contribution in [0.2, 0.25) is 0 Å². The molecule has 1 saturated heterocycles. The Morgan fingerprint density at radius 1 is 1.27 bits per heavy atom. The Balaban J connectivity index is 1.79. The minimum absolute atomic E-state index is 0.116. The van der Waals surface area contributed by atoms with E-state index in [0.29, 0.717) is 6.04 Å². The second-order valence-electron chi connectivity index (χ2n) is 6.15. The van der Waals surface area contributed by atoms with E-state index in [0.717, 1.165) is 51.7 Å². The molecular weight excluding hydrogens is 272 g/mol. The quantitative estimate of drug-likeness (QED) is 0.600. The first kappa shape index (κ1) is 16.9. The Kier molecular flexibility index (Phi) is 6.76. The highest BCUT2D eigenvalue weighted by atomic mass is 16.3. The number of rotatable bonds is 7. The van der Waals surface area contributed by atoms with Gasteiger partial charge in [0, 0.05) is 31.2 Å². The molecule has 0 saturated carbocycles. The maximum atomic E-state index is 9.58. The van der Waals surface area contributed by atoms with Gasteiger partial charge in [-0.2, -0.15) is 0 Å². The molecule has 1 aliphatic heterocycles. The zero-order chi connectivity index (χ0) is 15.8. The Bertz CT molecular complexity index is 469. The Morgan fingerprint density at radius 3 is 2.59 bits per heavy atom. The molecule has 3 heteroatoms. The first-order valence-electron chi connectivity index (χ1n) is 8.40. The molecule has 0 aromatic heterocycles. The van der Waals surface area contributed by atoms with Crippen LogP contribution in [0.5, 0.6) is 0 Å². The molecule has 1 aromatic carbocycles. The summed E-state index contributed by atoms with van der Waals surface area (Å²) < 4.78 is 0. The van der Waals surface area contributed by atoms with E-state index in [1.807, 2.05) is 0 Å². The summed E-state index contributed by atoms with van der Waals surface area (Å²) in [6.45, 7) is 5.11. The van der Waals surface area contributed by atoms with Gasteiger partial charge in [0.1, 0.15) is 0 Å². The van der Waals surface area contributed by atoms with Crippen LogP contribution in [-0.2, 0) is 0 Å². The van der Waals surface area contributed by atoms with Crippen LogP contribution >= 0.6 is 0 Å². The molecule has 1 atom stereocenters. The van der Waals surface area contributed by atoms with Gasteiger partial charge in [-0.3, -0.25) is 0 Å². The fourth-order valence-electron chi connectivity index (χ4n) is 2.89. The molecule has 0 amide bonds. The molecule has 22 heavy (non-hydrogen) atoms. The van der Waals surface area contributed by atoms with Crippen LogP contribution in [0.3, 0.4) is 0 Å². The van der Waals surface area contributed by atoms with Crippen molar-refractivity contribution in [3.05, 3.63) is 29.8 Å². The lowest BCUT2D eigenvalue weighted by atomic mass is 10.0. The predicted octanol–water partition coefficient (Wildman–Crippen LogP) is 3.10. The van der Waals surface area contributed by atoms with Crippen LogP contribution in [0.4, 0.5) is 5.69 Å². The smallest absolute Gasteiger partial charge is 0.0574 e. The maximum Gasteiger partial charge on any atom is 0.0574 e. The third-order valence-electron chi connectivity index (χ3n) is 4.42. The zero-order valence-corrected chi connectivity index (χ0v) is 13.6. The Hall–Kier alpha value is -1.50. The molecule has 2 rings (SSSR count). The van der Waals surface area contributed by atoms with Crippen molar-refractivity contribution in [1.29, 1.82) is 0 Å². The largest absolute Gasteiger partial charge is 0.393 e. The Morgan fingerprint density at radius 2 is 1.95 bits per heavy atom. The van der Waals surface area contributed by atoms with Gasteiger partial charge < -0.3 is 15.3 Å². The van der Waals surface area contributed by atoms with Gasteiger partial charge in [-0.15, -0.1) is 12.3 Å². The average molecular weight is 300 g/mol. The number of terminal acetylenes is 1. The third kappa shape index (κ3) is 5.05. The molecule has 1 aliphatic rings. The highest BCUT2D eigenvalue weighted by molar-refractivity contribution is 5.48. The molecule has 0 radical (unpaired) electrons. The maximum absolute atomic E-state index is 9.58. The normalized spacial score (nSPS) is 17.2. The molecule has 0 aliphatic carbocycles. The lowest BCUT2D eigenvalue weighted by molar-refractivity contribution is 0.145. The van der Waals surface area contributed by atoms with E-state index in [2.05, 4.69) is 47.3 Å². The number of piperidine rings is 1. The van der Waals surface area contributed by atoms with Gasteiger partial charge >= 0.3 is 0 Å². The molecule has 0 bridgehead atoms. The molecule has 1 heterocycles. The summed E-state index contributed by atoms with van der Waals surface area (Å²) in [5, 5.41) is 13.1. The van der Waals surface area contributed by atoms with Crippen LogP contribution in [0, 0.1) is 12.3 Å². The predicted molar refractivity (Wildman–Crippen MR) is 93.0 cm³/mol. The molecule has 2 N–H and O–H groups in total. The first-order chi connectivity index (χ1) is 10.7. The minimum Gasteiger partial charge on any atom is -0.393 e. The van der Waals surface area contributed by atoms with E-state index in [-0.39, 0.29) is 6.10 Å². The van der Waals surface area contributed by atoms with E-state index in [9.17, 15) is 5.11 Å². The summed E-state index contributed by atoms with van der Waals surface area (Å²) in [4.78, 5) is 2.36. The van der Waals surface area contributed by atoms with Gasteiger partial charge in [-0.1, -0.05) is 12.1 Å². The average Bonchev–Trinajstić information content (AvgIpc) is 2.55. The molecule has 120 valence electrons. The molecular formula is C19H28N2O. The standard InChI is InChI=1S/C19H28N2O/c1-3-4-5-6-13-20-16(2)17-7-9-18(10-8-17)21-14-11-19(22)12-15-21/h1,7-10,16,19-20,22H,4-6,11-15H2,2H3. The van der Waals surface area contributed by atoms with Crippen molar-refractivity contribution in [3.8, 4) is 12.3 Å². The molecule has 1 unspecified atom stereocenters. The number of anilines is 1. The van der Waals surface area contributed by atoms with Crippen molar-refractivity contribution < 1.29 is 5.11 Å². The zero-order valence-electron chi connectivity index (χ0n) is 13.6. The van der Waals surface area contributed by atoms with E-state index >= 15 is 0 Å². The summed E-state index contributed by atoms with van der Waals surface area (Å²) in [6, 6.07) is 9.18. The van der Waals surface area contributed by atoms with Crippen LogP contribution in [-0.4, -0.2) is 30.8 Å². The van der Waals surface area contributed by atoms with Crippen LogP contribution in [0.1, 0.15) is 50.6 Å². The van der Waals surface area contributed by atoms with Crippen molar-refractivity contribution >= 4 is 5.69 Å². The summed E-state index contributed by atoms with van der Waals surface area (Å²) in [5.41, 5.74) is 2.58. The van der Waals surface area contributed by atoms with E-state index < -0.39 is 0 Å². The minimum atomic E-state index is -0.116. The van der Waals surface area contributed by atoms with Gasteiger partial charge in [0.15, 0.2) is 0 Å². The van der Waals surface area contributed by atoms with Gasteiger partial charge in [-0.25, -0.2) is 0 Å². The number of hydrogen-bond acceptors (Lipinski definition) is 3. The fraction of sp³-hybridized carbons (Fsp3) is 0.579. The van der Waals surface area contributed by atoms with Crippen LogP contribution in [0.15, 0.2) is 24.3 Å². The van der Waals surface area contributed by atoms with E-state index in [1.165, 1.54) is 11.3 Å². The number of hydrogen-bond donors (Lipinski definition) is 2. The fourth-order valence-corrected chi connectivity index (χ4v) is 2.89. The number of aliphatic hydroxyl groups excluding tert-OH is 1. The summed E-state index contributed by atoms with van der Waals surface area (Å²) in [6.07, 6.45) is 9.98. The number of unbranched alkanes of at least 4 members (excludes halogenated alkanes) is 2. The van der Waals surface area contributed by atoms with Gasteiger partial charge in [0.2, 0.25) is 0 Å². The number of benzene rings is 1.